The maximum Gasteiger partial charge on any atom is 0.0273 e. The molecular formula is C53H41N. The average Bonchev–Trinajstić information content (AvgIpc) is 3.25. The Kier molecular flexibility index (Phi) is 7.47. The molecule has 0 N–H and O–H groups in total. The summed E-state index contributed by atoms with van der Waals surface area (Å²) in [5.74, 6) is 0.757. The SMILES string of the molecule is C1=CCC(C2=CC=C3C(c4ccc5cc(-c6cc7c8c(ccc7c7ccccc67)C=CCC8)ccc5c4)=C4CCC=CC4=C(c4ccncc4)C3C2)C=C1. The number of allylic oxidation sites excluding steroid dienone is 15. The lowest BCUT2D eigenvalue weighted by Crippen LogP contribution is -2.22. The first-order valence-electron chi connectivity index (χ1n) is 19.8. The summed E-state index contributed by atoms with van der Waals surface area (Å²) in [7, 11) is 0. The molecule has 0 saturated carbocycles. The van der Waals surface area contributed by atoms with E-state index in [1.165, 1.54) is 99.1 Å². The Morgan fingerprint density at radius 2 is 1.41 bits per heavy atom. The van der Waals surface area contributed by atoms with Crippen LogP contribution in [0.3, 0.4) is 0 Å². The average molecular weight is 692 g/mol. The van der Waals surface area contributed by atoms with Crippen molar-refractivity contribution in [2.45, 2.75) is 38.5 Å². The summed E-state index contributed by atoms with van der Waals surface area (Å²) in [4.78, 5) is 4.40. The van der Waals surface area contributed by atoms with Crippen molar-refractivity contribution in [1.29, 1.82) is 0 Å². The predicted molar refractivity (Wildman–Crippen MR) is 229 cm³/mol. The molecular weight excluding hydrogens is 651 g/mol. The Bertz CT molecular complexity index is 2810. The lowest BCUT2D eigenvalue weighted by atomic mass is 9.65. The highest BCUT2D eigenvalue weighted by Crippen LogP contribution is 2.54. The maximum absolute atomic E-state index is 4.40. The van der Waals surface area contributed by atoms with Gasteiger partial charge in [-0.3, -0.25) is 4.98 Å². The molecule has 1 nitrogen and oxygen atoms in total. The summed E-state index contributed by atoms with van der Waals surface area (Å²) in [5.41, 5.74) is 16.9. The molecule has 2 unspecified atom stereocenters. The summed E-state index contributed by atoms with van der Waals surface area (Å²) in [6.45, 7) is 0. The molecule has 2 atom stereocenters. The van der Waals surface area contributed by atoms with E-state index in [2.05, 4.69) is 157 Å². The monoisotopic (exact) mass is 691 g/mol. The fourth-order valence-corrected chi connectivity index (χ4v) is 10.1. The van der Waals surface area contributed by atoms with Gasteiger partial charge >= 0.3 is 0 Å². The summed E-state index contributed by atoms with van der Waals surface area (Å²) in [6.07, 6.45) is 33.8. The van der Waals surface area contributed by atoms with E-state index in [9.17, 15) is 0 Å². The summed E-state index contributed by atoms with van der Waals surface area (Å²) in [5, 5.41) is 7.98. The predicted octanol–water partition coefficient (Wildman–Crippen LogP) is 13.7. The minimum atomic E-state index is 0.295. The first-order chi connectivity index (χ1) is 26.8. The minimum absolute atomic E-state index is 0.295. The fourth-order valence-electron chi connectivity index (χ4n) is 10.1. The van der Waals surface area contributed by atoms with Crippen LogP contribution in [0, 0.1) is 11.8 Å². The molecule has 0 saturated heterocycles. The van der Waals surface area contributed by atoms with E-state index in [0.717, 1.165) is 38.5 Å². The van der Waals surface area contributed by atoms with Crippen molar-refractivity contribution >= 4 is 49.5 Å². The number of benzene rings is 5. The van der Waals surface area contributed by atoms with Gasteiger partial charge in [0.1, 0.15) is 0 Å². The number of rotatable bonds is 4. The van der Waals surface area contributed by atoms with Crippen molar-refractivity contribution < 1.29 is 0 Å². The molecule has 11 rings (SSSR count). The molecule has 0 spiro atoms. The van der Waals surface area contributed by atoms with Gasteiger partial charge in [0.25, 0.3) is 0 Å². The number of nitrogens with zero attached hydrogens (tertiary/aromatic N) is 1. The Balaban J connectivity index is 1.06. The molecule has 6 aromatic rings. The zero-order valence-electron chi connectivity index (χ0n) is 30.4. The first-order valence-corrected chi connectivity index (χ1v) is 19.8. The van der Waals surface area contributed by atoms with Crippen LogP contribution in [0.25, 0.3) is 60.7 Å². The van der Waals surface area contributed by atoms with E-state index in [1.807, 2.05) is 12.4 Å². The van der Waals surface area contributed by atoms with E-state index in [-0.39, 0.29) is 0 Å². The zero-order valence-corrected chi connectivity index (χ0v) is 30.4. The van der Waals surface area contributed by atoms with Gasteiger partial charge in [-0.15, -0.1) is 0 Å². The van der Waals surface area contributed by atoms with Crippen molar-refractivity contribution in [3.05, 3.63) is 203 Å². The molecule has 0 fully saturated rings. The zero-order chi connectivity index (χ0) is 35.6. The molecule has 0 radical (unpaired) electrons. The molecule has 5 aliphatic carbocycles. The van der Waals surface area contributed by atoms with Gasteiger partial charge in [0, 0.05) is 24.2 Å². The first kappa shape index (κ1) is 31.5. The molecule has 5 aromatic carbocycles. The Labute approximate surface area is 317 Å². The van der Waals surface area contributed by atoms with Gasteiger partial charge in [0.05, 0.1) is 0 Å². The molecule has 0 bridgehead atoms. The molecule has 5 aliphatic rings. The summed E-state index contributed by atoms with van der Waals surface area (Å²) in [6, 6.07) is 34.9. The number of hydrogen-bond donors (Lipinski definition) is 0. The smallest absolute Gasteiger partial charge is 0.0273 e. The number of aromatic nitrogens is 1. The lowest BCUT2D eigenvalue weighted by molar-refractivity contribution is 0.654. The van der Waals surface area contributed by atoms with E-state index in [4.69, 9.17) is 0 Å². The molecule has 1 heterocycles. The molecule has 1 heteroatoms. The number of hydrogen-bond acceptors (Lipinski definition) is 1. The van der Waals surface area contributed by atoms with Gasteiger partial charge in [-0.2, -0.15) is 0 Å². The third-order valence-electron chi connectivity index (χ3n) is 12.6. The van der Waals surface area contributed by atoms with Crippen molar-refractivity contribution in [3.63, 3.8) is 0 Å². The fraction of sp³-hybridized carbons (Fsp3) is 0.151. The Morgan fingerprint density at radius 1 is 0.611 bits per heavy atom. The number of fused-ring (bicyclic) bond motifs is 8. The summed E-state index contributed by atoms with van der Waals surface area (Å²) >= 11 is 0. The standard InChI is InChI=1S/C53H41N/c1-2-10-34(11-3-1)39-23-25-48-51(32-39)52(36-26-28-54-29-27-36)46-16-8-9-17-47(46)53(48)41-21-19-37-30-40(20-18-38(37)31-41)49-33-50-42-13-5-4-12-35(42)22-24-45(50)43-14-6-7-15-44(43)49/h1-4,6-8,10,12,14-16,18-31,33-34,51H,5,9,11,13,17,32H2. The number of aryl methyl sites for hydroxylation is 1. The molecule has 0 aliphatic heterocycles. The molecule has 0 amide bonds. The molecule has 54 heavy (non-hydrogen) atoms. The van der Waals surface area contributed by atoms with Gasteiger partial charge in [-0.25, -0.2) is 0 Å². The normalized spacial score (nSPS) is 20.3. The van der Waals surface area contributed by atoms with E-state index in [0.29, 0.717) is 11.8 Å². The van der Waals surface area contributed by atoms with Gasteiger partial charge in [-0.05, 0) is 162 Å². The highest BCUT2D eigenvalue weighted by atomic mass is 14.6. The van der Waals surface area contributed by atoms with Crippen molar-refractivity contribution in [3.8, 4) is 11.1 Å². The van der Waals surface area contributed by atoms with Crippen LogP contribution in [-0.4, -0.2) is 4.98 Å². The van der Waals surface area contributed by atoms with Crippen LogP contribution in [-0.2, 0) is 6.42 Å². The maximum atomic E-state index is 4.40. The van der Waals surface area contributed by atoms with Crippen molar-refractivity contribution in [2.24, 2.45) is 11.8 Å². The van der Waals surface area contributed by atoms with Crippen LogP contribution in [0.5, 0.6) is 0 Å². The van der Waals surface area contributed by atoms with Crippen LogP contribution in [0.15, 0.2) is 180 Å². The third kappa shape index (κ3) is 5.10. The van der Waals surface area contributed by atoms with Gasteiger partial charge < -0.3 is 0 Å². The van der Waals surface area contributed by atoms with Gasteiger partial charge in [0.2, 0.25) is 0 Å². The third-order valence-corrected chi connectivity index (χ3v) is 12.6. The Morgan fingerprint density at radius 3 is 2.28 bits per heavy atom. The van der Waals surface area contributed by atoms with Crippen LogP contribution in [0.2, 0.25) is 0 Å². The Hall–Kier alpha value is -6.05. The van der Waals surface area contributed by atoms with Crippen molar-refractivity contribution in [2.75, 3.05) is 0 Å². The van der Waals surface area contributed by atoms with E-state index < -0.39 is 0 Å². The molecule has 1 aromatic heterocycles. The van der Waals surface area contributed by atoms with E-state index >= 15 is 0 Å². The van der Waals surface area contributed by atoms with Gasteiger partial charge in [-0.1, -0.05) is 127 Å². The van der Waals surface area contributed by atoms with Crippen LogP contribution < -0.4 is 0 Å². The van der Waals surface area contributed by atoms with E-state index in [1.54, 1.807) is 0 Å². The second-order valence-electron chi connectivity index (χ2n) is 15.5. The highest BCUT2D eigenvalue weighted by Gasteiger charge is 2.36. The second kappa shape index (κ2) is 12.8. The van der Waals surface area contributed by atoms with Crippen LogP contribution >= 0.6 is 0 Å². The van der Waals surface area contributed by atoms with Crippen LogP contribution in [0.4, 0.5) is 0 Å². The quantitative estimate of drug-likeness (QED) is 0.168. The minimum Gasteiger partial charge on any atom is -0.265 e. The van der Waals surface area contributed by atoms with Gasteiger partial charge in [0.15, 0.2) is 0 Å². The molecule has 258 valence electrons. The largest absolute Gasteiger partial charge is 0.265 e. The van der Waals surface area contributed by atoms with Crippen molar-refractivity contribution in [1.82, 2.24) is 4.98 Å². The lowest BCUT2D eigenvalue weighted by Gasteiger charge is -2.39. The summed E-state index contributed by atoms with van der Waals surface area (Å²) < 4.78 is 0. The number of pyridine rings is 1. The topological polar surface area (TPSA) is 12.9 Å². The highest BCUT2D eigenvalue weighted by molar-refractivity contribution is 6.15. The second-order valence-corrected chi connectivity index (χ2v) is 15.5. The van der Waals surface area contributed by atoms with Crippen LogP contribution in [0.1, 0.15) is 54.4 Å².